The lowest BCUT2D eigenvalue weighted by Gasteiger charge is -2.37. The number of aromatic carboxylic acids is 1. The molecule has 6 aromatic rings. The largest absolute Gasteiger partial charge is 0.494 e. The highest BCUT2D eigenvalue weighted by Crippen LogP contribution is 2.33. The number of aromatic nitrogens is 8. The number of nitrogens with one attached hydrogen (secondary N) is 2. The van der Waals surface area contributed by atoms with Crippen molar-refractivity contribution in [1.29, 1.82) is 0 Å². The van der Waals surface area contributed by atoms with Gasteiger partial charge in [-0.15, -0.1) is 0 Å². The Morgan fingerprint density at radius 2 is 1.31 bits per heavy atom. The fraction of sp³-hybridized carbons (Fsp3) is 0.370. The summed E-state index contributed by atoms with van der Waals surface area (Å²) in [6, 6.07) is 9.08. The summed E-state index contributed by atoms with van der Waals surface area (Å²) in [7, 11) is 1.41. The van der Waals surface area contributed by atoms with Crippen molar-refractivity contribution in [2.24, 2.45) is 11.7 Å². The van der Waals surface area contributed by atoms with Gasteiger partial charge in [-0.3, -0.25) is 34.4 Å². The van der Waals surface area contributed by atoms with Crippen LogP contribution in [0.2, 0.25) is 0 Å². The van der Waals surface area contributed by atoms with E-state index in [1.54, 1.807) is 82.3 Å². The molecule has 67 heavy (non-hydrogen) atoms. The number of fused-ring (bicyclic) bond motifs is 2. The van der Waals surface area contributed by atoms with Gasteiger partial charge in [-0.1, -0.05) is 24.0 Å². The maximum Gasteiger partial charge on any atom is 0.410 e. The summed E-state index contributed by atoms with van der Waals surface area (Å²) in [4.78, 5) is 75.5. The standard InChI is InChI=1S/C46H52N12O9/c1-9-57-33(18-26(3)52-57)40(60)50-43-49-32-21-30(42(62)63)23-35(65-8)37(32)55(43)15-11-12-16-56-38-31(48-44(56)51-41(61)34-19-27(4)53-58(34)10-2)20-29(39(47)59)22-36(38)66-17-13-14-28-24-54(25-28)45(64)67-46(5,6)7/h11-12,18-23,28H,9-10,15-17,24-25H2,1-8H3,(H2,47,59)(H,62,63)(H,48,51,61)(H,49,50,60). The average molecular weight is 917 g/mol. The number of methoxy groups -OCH3 is 1. The van der Waals surface area contributed by atoms with Gasteiger partial charge in [-0.2, -0.15) is 10.2 Å². The van der Waals surface area contributed by atoms with E-state index in [2.05, 4.69) is 37.7 Å². The van der Waals surface area contributed by atoms with Gasteiger partial charge in [0.2, 0.25) is 17.8 Å². The number of primary amides is 1. The molecule has 4 aromatic heterocycles. The van der Waals surface area contributed by atoms with Crippen LogP contribution in [-0.2, 0) is 30.9 Å². The Kier molecular flexibility index (Phi) is 13.4. The van der Waals surface area contributed by atoms with Crippen molar-refractivity contribution in [3.8, 4) is 23.3 Å². The fourth-order valence-corrected chi connectivity index (χ4v) is 7.51. The molecule has 5 N–H and O–H groups in total. The van der Waals surface area contributed by atoms with Crippen molar-refractivity contribution < 1.29 is 43.3 Å². The van der Waals surface area contributed by atoms with Crippen LogP contribution < -0.4 is 25.8 Å². The van der Waals surface area contributed by atoms with Gasteiger partial charge < -0.3 is 39.1 Å². The Morgan fingerprint density at radius 3 is 1.79 bits per heavy atom. The molecule has 0 aliphatic carbocycles. The number of benzene rings is 2. The van der Waals surface area contributed by atoms with Gasteiger partial charge in [0.1, 0.15) is 46.1 Å². The summed E-state index contributed by atoms with van der Waals surface area (Å²) >= 11 is 0. The first-order chi connectivity index (χ1) is 31.9. The lowest BCUT2D eigenvalue weighted by molar-refractivity contribution is 0.00586. The number of carbonyl (C=O) groups is 5. The summed E-state index contributed by atoms with van der Waals surface area (Å²) in [5.41, 5.74) is 8.50. The molecular formula is C46H52N12O9. The van der Waals surface area contributed by atoms with Crippen molar-refractivity contribution in [2.75, 3.05) is 37.4 Å². The van der Waals surface area contributed by atoms with E-state index in [-0.39, 0.29) is 65.7 Å². The van der Waals surface area contributed by atoms with Crippen molar-refractivity contribution in [2.45, 2.75) is 80.2 Å². The molecule has 1 fully saturated rings. The second kappa shape index (κ2) is 19.1. The number of nitrogens with two attached hydrogens (primary N) is 1. The van der Waals surface area contributed by atoms with Gasteiger partial charge in [0, 0.05) is 44.8 Å². The van der Waals surface area contributed by atoms with Gasteiger partial charge in [0.15, 0.2) is 0 Å². The molecule has 0 saturated carbocycles. The lowest BCUT2D eigenvalue weighted by atomic mass is 10.0. The molecule has 350 valence electrons. The van der Waals surface area contributed by atoms with E-state index in [0.29, 0.717) is 65.5 Å². The molecule has 21 heteroatoms. The van der Waals surface area contributed by atoms with Crippen molar-refractivity contribution >= 4 is 63.7 Å². The van der Waals surface area contributed by atoms with Gasteiger partial charge >= 0.3 is 12.1 Å². The Labute approximate surface area is 384 Å². The van der Waals surface area contributed by atoms with Crippen LogP contribution in [-0.4, -0.2) is 111 Å². The average Bonchev–Trinajstić information content (AvgIpc) is 4.02. The van der Waals surface area contributed by atoms with E-state index in [1.165, 1.54) is 31.4 Å². The van der Waals surface area contributed by atoms with Crippen LogP contribution >= 0.6 is 0 Å². The molecule has 0 bridgehead atoms. The maximum absolute atomic E-state index is 13.8. The monoisotopic (exact) mass is 916 g/mol. The number of hydrogen-bond acceptors (Lipinski definition) is 12. The number of carboxylic acid groups (broad SMARTS) is 1. The van der Waals surface area contributed by atoms with Crippen LogP contribution in [0.3, 0.4) is 0 Å². The van der Waals surface area contributed by atoms with Gasteiger partial charge in [0.05, 0.1) is 41.0 Å². The molecule has 1 aliphatic rings. The first kappa shape index (κ1) is 46.8. The number of amides is 4. The van der Waals surface area contributed by atoms with E-state index >= 15 is 0 Å². The molecule has 0 spiro atoms. The van der Waals surface area contributed by atoms with E-state index < -0.39 is 35.4 Å². The first-order valence-corrected chi connectivity index (χ1v) is 21.5. The normalized spacial score (nSPS) is 12.8. The number of carboxylic acids is 1. The lowest BCUT2D eigenvalue weighted by Crippen LogP contribution is -2.51. The SMILES string of the molecule is CCn1nc(C)cc1C(=O)Nc1nc2cc(C(=O)O)cc(OC)c2n1CC=CCn1c(NC(=O)c2cc(C)nn2CC)nc2cc(C(N)=O)cc(OCC#CC3CN(C(=O)OC(C)(C)C)C3)c21. The molecule has 21 nitrogen and oxygen atoms in total. The smallest absolute Gasteiger partial charge is 0.410 e. The minimum atomic E-state index is -1.18. The molecule has 4 amide bonds. The predicted molar refractivity (Wildman–Crippen MR) is 246 cm³/mol. The van der Waals surface area contributed by atoms with Crippen molar-refractivity contribution in [3.63, 3.8) is 0 Å². The third-order valence-corrected chi connectivity index (χ3v) is 10.6. The summed E-state index contributed by atoms with van der Waals surface area (Å²) in [6.07, 6.45) is 3.18. The Hall–Kier alpha value is -8.15. The van der Waals surface area contributed by atoms with Crippen LogP contribution in [0.15, 0.2) is 48.6 Å². The number of hydrogen-bond donors (Lipinski definition) is 4. The van der Waals surface area contributed by atoms with Crippen molar-refractivity contribution in [3.05, 3.63) is 82.5 Å². The summed E-state index contributed by atoms with van der Waals surface area (Å²) in [5, 5.41) is 24.4. The van der Waals surface area contributed by atoms with Gasteiger partial charge in [-0.25, -0.2) is 19.6 Å². The zero-order chi connectivity index (χ0) is 48.3. The van der Waals surface area contributed by atoms with Crippen LogP contribution in [0.5, 0.6) is 11.5 Å². The number of allylic oxidation sites excluding steroid dienone is 2. The molecular weight excluding hydrogens is 865 g/mol. The molecule has 1 aliphatic heterocycles. The maximum atomic E-state index is 13.8. The molecule has 0 radical (unpaired) electrons. The molecule has 0 atom stereocenters. The fourth-order valence-electron chi connectivity index (χ4n) is 7.51. The number of imidazole rings is 2. The Morgan fingerprint density at radius 1 is 0.806 bits per heavy atom. The second-order valence-corrected chi connectivity index (χ2v) is 16.7. The van der Waals surface area contributed by atoms with Gasteiger partial charge in [-0.05, 0) is 84.9 Å². The number of rotatable bonds is 15. The number of nitrogens with zero attached hydrogens (tertiary/aromatic N) is 9. The number of anilines is 2. The first-order valence-electron chi connectivity index (χ1n) is 21.5. The summed E-state index contributed by atoms with van der Waals surface area (Å²) < 4.78 is 23.8. The molecule has 5 heterocycles. The Balaban J connectivity index is 1.23. The van der Waals surface area contributed by atoms with E-state index in [4.69, 9.17) is 24.9 Å². The summed E-state index contributed by atoms with van der Waals surface area (Å²) in [6.45, 7) is 14.5. The van der Waals surface area contributed by atoms with Crippen LogP contribution in [0.1, 0.15) is 87.7 Å². The topological polar surface area (TPSA) is 258 Å². The number of carbonyl (C=O) groups excluding carboxylic acids is 4. The highest BCUT2D eigenvalue weighted by atomic mass is 16.6. The van der Waals surface area contributed by atoms with Crippen LogP contribution in [0, 0.1) is 31.6 Å². The minimum absolute atomic E-state index is 0.0582. The number of likely N-dealkylation sites (tertiary alicyclic amines) is 1. The minimum Gasteiger partial charge on any atom is -0.494 e. The van der Waals surface area contributed by atoms with E-state index in [9.17, 15) is 29.1 Å². The third-order valence-electron chi connectivity index (χ3n) is 10.6. The van der Waals surface area contributed by atoms with Crippen molar-refractivity contribution in [1.82, 2.24) is 43.6 Å². The third kappa shape index (κ3) is 10.2. The molecule has 0 unspecified atom stereocenters. The molecule has 7 rings (SSSR count). The quantitative estimate of drug-likeness (QED) is 0.0759. The van der Waals surface area contributed by atoms with Crippen LogP contribution in [0.25, 0.3) is 22.1 Å². The zero-order valence-electron chi connectivity index (χ0n) is 38.5. The Bertz CT molecular complexity index is 3020. The van der Waals surface area contributed by atoms with E-state index in [1.807, 2.05) is 13.8 Å². The molecule has 1 saturated heterocycles. The van der Waals surface area contributed by atoms with Gasteiger partial charge in [0.25, 0.3) is 11.8 Å². The van der Waals surface area contributed by atoms with Crippen LogP contribution in [0.4, 0.5) is 16.7 Å². The molecule has 2 aromatic carbocycles. The summed E-state index contributed by atoms with van der Waals surface area (Å²) in [5.74, 6) is 3.84. The second-order valence-electron chi connectivity index (χ2n) is 16.7. The highest BCUT2D eigenvalue weighted by molar-refractivity contribution is 6.05. The number of ether oxygens (including phenoxy) is 3. The van der Waals surface area contributed by atoms with E-state index in [0.717, 1.165) is 0 Å². The highest BCUT2D eigenvalue weighted by Gasteiger charge is 2.33. The number of aryl methyl sites for hydroxylation is 4. The zero-order valence-corrected chi connectivity index (χ0v) is 38.5. The predicted octanol–water partition coefficient (Wildman–Crippen LogP) is 5.25.